The molecule has 124 valence electrons. The lowest BCUT2D eigenvalue weighted by Gasteiger charge is -2.36. The van der Waals surface area contributed by atoms with Gasteiger partial charge in [-0.25, -0.2) is 9.97 Å². The number of hydrogen-bond acceptors (Lipinski definition) is 7. The Balaban J connectivity index is 1.82. The monoisotopic (exact) mass is 342 g/mol. The van der Waals surface area contributed by atoms with Crippen molar-refractivity contribution in [1.82, 2.24) is 15.0 Å². The van der Waals surface area contributed by atoms with Crippen LogP contribution in [0.2, 0.25) is 0 Å². The number of fused-ring (bicyclic) bond motifs is 1. The van der Waals surface area contributed by atoms with E-state index in [1.165, 1.54) is 0 Å². The van der Waals surface area contributed by atoms with Gasteiger partial charge in [0.2, 0.25) is 0 Å². The first kappa shape index (κ1) is 15.4. The molecule has 6 nitrogen and oxygen atoms in total. The zero-order valence-electron chi connectivity index (χ0n) is 13.4. The molecule has 0 bridgehead atoms. The maximum Gasteiger partial charge on any atom is 0.181 e. The normalized spacial score (nSPS) is 18.2. The van der Waals surface area contributed by atoms with E-state index in [0.29, 0.717) is 25.6 Å². The molecule has 1 aliphatic heterocycles. The van der Waals surface area contributed by atoms with E-state index in [4.69, 9.17) is 14.5 Å². The number of pyridine rings is 1. The van der Waals surface area contributed by atoms with Crippen molar-refractivity contribution in [1.29, 1.82) is 0 Å². The Morgan fingerprint density at radius 2 is 2.29 bits per heavy atom. The summed E-state index contributed by atoms with van der Waals surface area (Å²) in [5, 5.41) is 3.12. The fourth-order valence-corrected chi connectivity index (χ4v) is 3.69. The maximum absolute atomic E-state index is 5.62. The molecule has 0 aliphatic carbocycles. The molecule has 0 N–H and O–H groups in total. The van der Waals surface area contributed by atoms with Crippen molar-refractivity contribution < 1.29 is 9.47 Å². The van der Waals surface area contributed by atoms with Crippen LogP contribution in [0.15, 0.2) is 35.8 Å². The van der Waals surface area contributed by atoms with E-state index in [2.05, 4.69) is 26.3 Å². The summed E-state index contributed by atoms with van der Waals surface area (Å²) in [6.07, 6.45) is 1.76. The number of methoxy groups -OCH3 is 1. The largest absolute Gasteiger partial charge is 0.382 e. The van der Waals surface area contributed by atoms with Gasteiger partial charge in [0, 0.05) is 19.9 Å². The zero-order chi connectivity index (χ0) is 16.4. The van der Waals surface area contributed by atoms with Gasteiger partial charge in [0.25, 0.3) is 0 Å². The fourth-order valence-electron chi connectivity index (χ4n) is 2.93. The quantitative estimate of drug-likeness (QED) is 0.726. The lowest BCUT2D eigenvalue weighted by atomic mass is 10.2. The van der Waals surface area contributed by atoms with Crippen LogP contribution in [-0.4, -0.2) is 54.5 Å². The van der Waals surface area contributed by atoms with Crippen LogP contribution in [0.1, 0.15) is 0 Å². The zero-order valence-corrected chi connectivity index (χ0v) is 14.2. The second kappa shape index (κ2) is 6.80. The lowest BCUT2D eigenvalue weighted by Crippen LogP contribution is -2.48. The molecule has 24 heavy (non-hydrogen) atoms. The topological polar surface area (TPSA) is 60.4 Å². The summed E-state index contributed by atoms with van der Waals surface area (Å²) in [6.45, 7) is 2.73. The number of morpholine rings is 1. The highest BCUT2D eigenvalue weighted by Gasteiger charge is 2.27. The Kier molecular flexibility index (Phi) is 4.38. The van der Waals surface area contributed by atoms with Gasteiger partial charge in [0.1, 0.15) is 16.3 Å². The van der Waals surface area contributed by atoms with Crippen molar-refractivity contribution in [2.24, 2.45) is 0 Å². The van der Waals surface area contributed by atoms with E-state index in [-0.39, 0.29) is 6.04 Å². The molecule has 0 saturated carbocycles. The van der Waals surface area contributed by atoms with Crippen molar-refractivity contribution in [3.05, 3.63) is 35.8 Å². The summed E-state index contributed by atoms with van der Waals surface area (Å²) < 4.78 is 11.0. The second-order valence-electron chi connectivity index (χ2n) is 5.60. The van der Waals surface area contributed by atoms with Gasteiger partial charge in [-0.2, -0.15) is 0 Å². The molecule has 0 radical (unpaired) electrons. The summed E-state index contributed by atoms with van der Waals surface area (Å²) in [5.74, 6) is 1.59. The smallest absolute Gasteiger partial charge is 0.181 e. The van der Waals surface area contributed by atoms with Gasteiger partial charge in [-0.05, 0) is 23.6 Å². The van der Waals surface area contributed by atoms with Gasteiger partial charge in [-0.1, -0.05) is 6.07 Å². The maximum atomic E-state index is 5.62. The molecule has 7 heteroatoms. The number of rotatable bonds is 4. The highest BCUT2D eigenvalue weighted by Crippen LogP contribution is 2.32. The minimum Gasteiger partial charge on any atom is -0.382 e. The van der Waals surface area contributed by atoms with Crippen molar-refractivity contribution in [2.45, 2.75) is 6.04 Å². The SMILES string of the molecule is COCC1COCCN1c1nc(-c2ccccn2)nc2sccc12. The van der Waals surface area contributed by atoms with Gasteiger partial charge in [-0.3, -0.25) is 4.98 Å². The number of thiophene rings is 1. The molecule has 3 aromatic rings. The molecule has 1 aliphatic rings. The van der Waals surface area contributed by atoms with Crippen LogP contribution in [0.3, 0.4) is 0 Å². The minimum absolute atomic E-state index is 0.151. The van der Waals surface area contributed by atoms with E-state index in [0.717, 1.165) is 28.3 Å². The third kappa shape index (κ3) is 2.86. The molecule has 1 atom stereocenters. The average Bonchev–Trinajstić information content (AvgIpc) is 3.11. The van der Waals surface area contributed by atoms with E-state index in [9.17, 15) is 0 Å². The molecular weight excluding hydrogens is 324 g/mol. The molecule has 0 amide bonds. The highest BCUT2D eigenvalue weighted by molar-refractivity contribution is 7.16. The molecule has 1 unspecified atom stereocenters. The predicted octanol–water partition coefficient (Wildman–Crippen LogP) is 2.60. The van der Waals surface area contributed by atoms with Gasteiger partial charge >= 0.3 is 0 Å². The average molecular weight is 342 g/mol. The van der Waals surface area contributed by atoms with Crippen LogP contribution in [0, 0.1) is 0 Å². The minimum atomic E-state index is 0.151. The van der Waals surface area contributed by atoms with E-state index in [1.807, 2.05) is 18.2 Å². The van der Waals surface area contributed by atoms with E-state index < -0.39 is 0 Å². The highest BCUT2D eigenvalue weighted by atomic mass is 32.1. The summed E-state index contributed by atoms with van der Waals surface area (Å²) in [4.78, 5) is 17.2. The summed E-state index contributed by atoms with van der Waals surface area (Å²) >= 11 is 1.62. The Labute approximate surface area is 144 Å². The fraction of sp³-hybridized carbons (Fsp3) is 0.353. The molecule has 1 fully saturated rings. The first-order chi connectivity index (χ1) is 11.9. The van der Waals surface area contributed by atoms with Crippen LogP contribution in [0.25, 0.3) is 21.7 Å². The standard InChI is InChI=1S/C17H18N4O2S/c1-22-10-12-11-23-8-7-21(12)16-13-5-9-24-17(13)20-15(19-16)14-4-2-3-6-18-14/h2-6,9,12H,7-8,10-11H2,1H3. The molecule has 3 aromatic heterocycles. The van der Waals surface area contributed by atoms with Crippen molar-refractivity contribution in [3.8, 4) is 11.5 Å². The van der Waals surface area contributed by atoms with Crippen LogP contribution in [0.5, 0.6) is 0 Å². The third-order valence-electron chi connectivity index (χ3n) is 4.06. The third-order valence-corrected chi connectivity index (χ3v) is 4.86. The Morgan fingerprint density at radius 3 is 3.12 bits per heavy atom. The Morgan fingerprint density at radius 1 is 1.33 bits per heavy atom. The van der Waals surface area contributed by atoms with Crippen LogP contribution >= 0.6 is 11.3 Å². The summed E-state index contributed by atoms with van der Waals surface area (Å²) in [5.41, 5.74) is 0.783. The van der Waals surface area contributed by atoms with Gasteiger partial charge in [0.05, 0.1) is 31.2 Å². The van der Waals surface area contributed by atoms with Crippen molar-refractivity contribution >= 4 is 27.4 Å². The molecule has 4 rings (SSSR count). The molecule has 0 spiro atoms. The summed E-state index contributed by atoms with van der Waals surface area (Å²) in [6, 6.07) is 8.01. The number of hydrogen-bond donors (Lipinski definition) is 0. The van der Waals surface area contributed by atoms with Gasteiger partial charge < -0.3 is 14.4 Å². The van der Waals surface area contributed by atoms with Crippen LogP contribution in [-0.2, 0) is 9.47 Å². The Hall–Kier alpha value is -2.09. The Bertz CT molecular complexity index is 822. The van der Waals surface area contributed by atoms with Crippen molar-refractivity contribution in [2.75, 3.05) is 38.4 Å². The first-order valence-electron chi connectivity index (χ1n) is 7.87. The number of ether oxygens (including phenoxy) is 2. The number of nitrogens with zero attached hydrogens (tertiary/aromatic N) is 4. The van der Waals surface area contributed by atoms with Crippen LogP contribution < -0.4 is 4.90 Å². The molecular formula is C17H18N4O2S. The lowest BCUT2D eigenvalue weighted by molar-refractivity contribution is 0.0599. The van der Waals surface area contributed by atoms with E-state index >= 15 is 0 Å². The predicted molar refractivity (Wildman–Crippen MR) is 94.5 cm³/mol. The summed E-state index contributed by atoms with van der Waals surface area (Å²) in [7, 11) is 1.71. The van der Waals surface area contributed by atoms with Gasteiger partial charge in [0.15, 0.2) is 5.82 Å². The first-order valence-corrected chi connectivity index (χ1v) is 8.75. The molecule has 0 aromatic carbocycles. The van der Waals surface area contributed by atoms with Crippen LogP contribution in [0.4, 0.5) is 5.82 Å². The molecule has 4 heterocycles. The van der Waals surface area contributed by atoms with Crippen molar-refractivity contribution in [3.63, 3.8) is 0 Å². The van der Waals surface area contributed by atoms with E-state index in [1.54, 1.807) is 24.6 Å². The number of anilines is 1. The number of aromatic nitrogens is 3. The second-order valence-corrected chi connectivity index (χ2v) is 6.50. The van der Waals surface area contributed by atoms with Gasteiger partial charge in [-0.15, -0.1) is 11.3 Å². The molecule has 1 saturated heterocycles.